The van der Waals surface area contributed by atoms with Gasteiger partial charge in [-0.15, -0.1) is 0 Å². The third-order valence-electron chi connectivity index (χ3n) is 3.99. The van der Waals surface area contributed by atoms with Crippen LogP contribution in [0.4, 0.5) is 5.82 Å². The fourth-order valence-electron chi connectivity index (χ4n) is 2.58. The molecule has 1 aliphatic heterocycles. The zero-order valence-electron chi connectivity index (χ0n) is 13.5. The fraction of sp³-hybridized carbons (Fsp3) is 0.688. The number of hydrogen-bond acceptors (Lipinski definition) is 5. The number of nitrogens with one attached hydrogen (secondary N) is 1. The lowest BCUT2D eigenvalue weighted by atomic mass is 10.2. The molecule has 1 fully saturated rings. The van der Waals surface area contributed by atoms with E-state index in [9.17, 15) is 0 Å². The van der Waals surface area contributed by atoms with Gasteiger partial charge in [-0.05, 0) is 25.5 Å². The van der Waals surface area contributed by atoms with Gasteiger partial charge in [-0.3, -0.25) is 4.90 Å². The van der Waals surface area contributed by atoms with Crippen LogP contribution < -0.4 is 10.2 Å². The van der Waals surface area contributed by atoms with E-state index in [0.29, 0.717) is 6.04 Å². The molecule has 0 aromatic carbocycles. The lowest BCUT2D eigenvalue weighted by molar-refractivity contribution is 0.199. The van der Waals surface area contributed by atoms with Crippen molar-refractivity contribution in [3.05, 3.63) is 23.9 Å². The molecule has 0 bridgehead atoms. The molecule has 2 heterocycles. The van der Waals surface area contributed by atoms with Gasteiger partial charge in [0.1, 0.15) is 5.82 Å². The van der Waals surface area contributed by atoms with Crippen molar-refractivity contribution in [1.82, 2.24) is 15.2 Å². The molecule has 0 unspecified atom stereocenters. The van der Waals surface area contributed by atoms with Gasteiger partial charge in [0.25, 0.3) is 0 Å². The average molecular weight is 292 g/mol. The lowest BCUT2D eigenvalue weighted by Crippen LogP contribution is -2.49. The Morgan fingerprint density at radius 3 is 2.57 bits per heavy atom. The predicted octanol–water partition coefficient (Wildman–Crippen LogP) is 1.35. The molecule has 0 radical (unpaired) electrons. The van der Waals surface area contributed by atoms with Crippen molar-refractivity contribution in [1.29, 1.82) is 0 Å². The van der Waals surface area contributed by atoms with E-state index in [4.69, 9.17) is 4.74 Å². The van der Waals surface area contributed by atoms with Crippen LogP contribution in [0, 0.1) is 0 Å². The highest BCUT2D eigenvalue weighted by Crippen LogP contribution is 2.15. The number of hydrogen-bond donors (Lipinski definition) is 1. The van der Waals surface area contributed by atoms with Crippen molar-refractivity contribution in [2.24, 2.45) is 0 Å². The molecule has 0 atom stereocenters. The average Bonchev–Trinajstić information content (AvgIpc) is 2.52. The third kappa shape index (κ3) is 4.95. The van der Waals surface area contributed by atoms with Gasteiger partial charge in [-0.25, -0.2) is 4.98 Å². The molecule has 1 aliphatic rings. The summed E-state index contributed by atoms with van der Waals surface area (Å²) in [5, 5.41) is 3.33. The fourth-order valence-corrected chi connectivity index (χ4v) is 2.58. The van der Waals surface area contributed by atoms with Gasteiger partial charge in [-0.1, -0.05) is 6.07 Å². The third-order valence-corrected chi connectivity index (χ3v) is 3.99. The summed E-state index contributed by atoms with van der Waals surface area (Å²) in [6.45, 7) is 11.4. The first-order valence-electron chi connectivity index (χ1n) is 7.84. The minimum absolute atomic E-state index is 0.639. The number of aromatic nitrogens is 1. The molecule has 118 valence electrons. The summed E-state index contributed by atoms with van der Waals surface area (Å²) >= 11 is 0. The Bertz CT molecular complexity index is 399. The molecule has 0 spiro atoms. The zero-order chi connectivity index (χ0) is 15.1. The molecule has 0 saturated carbocycles. The minimum atomic E-state index is 0.639. The summed E-state index contributed by atoms with van der Waals surface area (Å²) < 4.78 is 5.01. The van der Waals surface area contributed by atoms with Crippen molar-refractivity contribution < 1.29 is 4.74 Å². The van der Waals surface area contributed by atoms with Crippen LogP contribution in [0.5, 0.6) is 0 Å². The maximum atomic E-state index is 5.01. The SMILES string of the molecule is COCCNCc1ccc(N2CCN(C(C)C)CC2)nc1. The van der Waals surface area contributed by atoms with E-state index >= 15 is 0 Å². The smallest absolute Gasteiger partial charge is 0.128 e. The van der Waals surface area contributed by atoms with Crippen LogP contribution in [0.15, 0.2) is 18.3 Å². The van der Waals surface area contributed by atoms with Gasteiger partial charge < -0.3 is 15.0 Å². The first kappa shape index (κ1) is 16.2. The number of nitrogens with zero attached hydrogens (tertiary/aromatic N) is 3. The summed E-state index contributed by atoms with van der Waals surface area (Å²) in [6.07, 6.45) is 1.98. The van der Waals surface area contributed by atoms with Crippen molar-refractivity contribution in [3.8, 4) is 0 Å². The Balaban J connectivity index is 1.80. The van der Waals surface area contributed by atoms with Crippen LogP contribution in [0.2, 0.25) is 0 Å². The van der Waals surface area contributed by atoms with Gasteiger partial charge >= 0.3 is 0 Å². The lowest BCUT2D eigenvalue weighted by Gasteiger charge is -2.37. The highest BCUT2D eigenvalue weighted by atomic mass is 16.5. The molecule has 1 aromatic rings. The van der Waals surface area contributed by atoms with Crippen LogP contribution in [0.3, 0.4) is 0 Å². The van der Waals surface area contributed by atoms with Gasteiger partial charge in [-0.2, -0.15) is 0 Å². The number of rotatable bonds is 7. The Morgan fingerprint density at radius 2 is 2.00 bits per heavy atom. The summed E-state index contributed by atoms with van der Waals surface area (Å²) in [5.74, 6) is 1.10. The van der Waals surface area contributed by atoms with Crippen LogP contribution >= 0.6 is 0 Å². The predicted molar refractivity (Wildman–Crippen MR) is 86.7 cm³/mol. The van der Waals surface area contributed by atoms with E-state index in [1.807, 2.05) is 6.20 Å². The van der Waals surface area contributed by atoms with Gasteiger partial charge in [0, 0.05) is 58.6 Å². The second-order valence-corrected chi connectivity index (χ2v) is 5.81. The first-order chi connectivity index (χ1) is 10.2. The highest BCUT2D eigenvalue weighted by molar-refractivity contribution is 5.39. The van der Waals surface area contributed by atoms with Crippen LogP contribution in [0.25, 0.3) is 0 Å². The second kappa shape index (κ2) is 8.32. The molecule has 5 nitrogen and oxygen atoms in total. The maximum Gasteiger partial charge on any atom is 0.128 e. The molecule has 0 amide bonds. The van der Waals surface area contributed by atoms with Gasteiger partial charge in [0.05, 0.1) is 6.61 Å². The van der Waals surface area contributed by atoms with E-state index < -0.39 is 0 Å². The molecule has 1 aromatic heterocycles. The van der Waals surface area contributed by atoms with Gasteiger partial charge in [0.2, 0.25) is 0 Å². The molecule has 0 aliphatic carbocycles. The van der Waals surface area contributed by atoms with E-state index in [1.165, 1.54) is 5.56 Å². The van der Waals surface area contributed by atoms with Gasteiger partial charge in [0.15, 0.2) is 0 Å². The molecule has 2 rings (SSSR count). The number of pyridine rings is 1. The summed E-state index contributed by atoms with van der Waals surface area (Å²) in [5.41, 5.74) is 1.22. The Hall–Kier alpha value is -1.17. The van der Waals surface area contributed by atoms with E-state index in [1.54, 1.807) is 7.11 Å². The monoisotopic (exact) mass is 292 g/mol. The number of anilines is 1. The minimum Gasteiger partial charge on any atom is -0.383 e. The molecule has 5 heteroatoms. The largest absolute Gasteiger partial charge is 0.383 e. The van der Waals surface area contributed by atoms with E-state index in [0.717, 1.165) is 51.7 Å². The Labute approximate surface area is 128 Å². The summed E-state index contributed by atoms with van der Waals surface area (Å²) in [7, 11) is 1.72. The van der Waals surface area contributed by atoms with Crippen LogP contribution in [-0.4, -0.2) is 62.4 Å². The topological polar surface area (TPSA) is 40.6 Å². The van der Waals surface area contributed by atoms with Crippen molar-refractivity contribution in [2.45, 2.75) is 26.4 Å². The highest BCUT2D eigenvalue weighted by Gasteiger charge is 2.19. The molecular weight excluding hydrogens is 264 g/mol. The second-order valence-electron chi connectivity index (χ2n) is 5.81. The first-order valence-corrected chi connectivity index (χ1v) is 7.84. The van der Waals surface area contributed by atoms with E-state index in [2.05, 4.69) is 46.1 Å². The normalized spacial score (nSPS) is 16.7. The van der Waals surface area contributed by atoms with Crippen LogP contribution in [-0.2, 0) is 11.3 Å². The quantitative estimate of drug-likeness (QED) is 0.768. The number of piperazine rings is 1. The number of ether oxygens (including phenoxy) is 1. The van der Waals surface area contributed by atoms with Crippen molar-refractivity contribution in [2.75, 3.05) is 51.3 Å². The zero-order valence-corrected chi connectivity index (χ0v) is 13.5. The van der Waals surface area contributed by atoms with Crippen LogP contribution in [0.1, 0.15) is 19.4 Å². The van der Waals surface area contributed by atoms with Crippen molar-refractivity contribution >= 4 is 5.82 Å². The molecule has 1 saturated heterocycles. The number of methoxy groups -OCH3 is 1. The molecule has 1 N–H and O–H groups in total. The summed E-state index contributed by atoms with van der Waals surface area (Å²) in [4.78, 5) is 9.50. The Morgan fingerprint density at radius 1 is 1.24 bits per heavy atom. The standard InChI is InChI=1S/C16H28N4O/c1-14(2)19-7-9-20(10-8-19)16-5-4-15(13-18-16)12-17-6-11-21-3/h4-5,13-14,17H,6-12H2,1-3H3. The van der Waals surface area contributed by atoms with E-state index in [-0.39, 0.29) is 0 Å². The molecule has 21 heavy (non-hydrogen) atoms. The molecular formula is C16H28N4O. The summed E-state index contributed by atoms with van der Waals surface area (Å²) in [6, 6.07) is 4.94. The Kier molecular flexibility index (Phi) is 6.42. The van der Waals surface area contributed by atoms with Crippen molar-refractivity contribution in [3.63, 3.8) is 0 Å². The maximum absolute atomic E-state index is 5.01.